The minimum Gasteiger partial charge on any atom is -0.390 e. The van der Waals surface area contributed by atoms with Crippen LogP contribution < -0.4 is 0 Å². The Morgan fingerprint density at radius 1 is 1.50 bits per heavy atom. The topological polar surface area (TPSA) is 49.8 Å². The quantitative estimate of drug-likeness (QED) is 0.791. The second kappa shape index (κ2) is 3.10. The van der Waals surface area contributed by atoms with E-state index in [1.807, 2.05) is 11.8 Å². The van der Waals surface area contributed by atoms with Gasteiger partial charge in [-0.1, -0.05) is 13.8 Å². The number of amides is 1. The maximum atomic E-state index is 12.6. The van der Waals surface area contributed by atoms with Gasteiger partial charge >= 0.3 is 0 Å². The van der Waals surface area contributed by atoms with Crippen molar-refractivity contribution < 1.29 is 14.6 Å². The lowest BCUT2D eigenvalue weighted by Gasteiger charge is -2.41. The zero-order valence-corrected chi connectivity index (χ0v) is 11.2. The number of carbonyl (C=O) groups is 1. The van der Waals surface area contributed by atoms with E-state index in [0.29, 0.717) is 18.4 Å². The minimum absolute atomic E-state index is 0.0195. The number of aliphatic hydroxyl groups is 1. The summed E-state index contributed by atoms with van der Waals surface area (Å²) in [4.78, 5) is 14.6. The first-order valence-corrected chi connectivity index (χ1v) is 7.21. The SMILES string of the molecule is CCN1C(=O)[C@@H]2[C@H]3C[C@H]4[C@H](O[C@]1(C(C)C)[C@H]42)[C@@H]3O. The minimum atomic E-state index is -0.432. The molecule has 4 rings (SSSR count). The van der Waals surface area contributed by atoms with Crippen LogP contribution in [0.5, 0.6) is 0 Å². The van der Waals surface area contributed by atoms with Crippen molar-refractivity contribution in [3.63, 3.8) is 0 Å². The van der Waals surface area contributed by atoms with Crippen LogP contribution in [-0.4, -0.2) is 40.4 Å². The number of aliphatic hydroxyl groups excluding tert-OH is 1. The Hall–Kier alpha value is -0.610. The summed E-state index contributed by atoms with van der Waals surface area (Å²) in [6.07, 6.45) is 0.541. The van der Waals surface area contributed by atoms with Crippen LogP contribution in [0.4, 0.5) is 0 Å². The molecule has 4 aliphatic rings. The van der Waals surface area contributed by atoms with Crippen LogP contribution in [0.3, 0.4) is 0 Å². The average molecular weight is 251 g/mol. The van der Waals surface area contributed by atoms with Gasteiger partial charge in [-0.05, 0) is 25.2 Å². The number of hydrogen-bond acceptors (Lipinski definition) is 3. The van der Waals surface area contributed by atoms with E-state index >= 15 is 0 Å². The Labute approximate surface area is 107 Å². The zero-order valence-electron chi connectivity index (χ0n) is 11.2. The molecule has 2 saturated heterocycles. The Kier molecular flexibility index (Phi) is 1.93. The molecule has 2 aliphatic carbocycles. The largest absolute Gasteiger partial charge is 0.390 e. The molecule has 18 heavy (non-hydrogen) atoms. The molecule has 2 aliphatic heterocycles. The molecule has 4 heteroatoms. The van der Waals surface area contributed by atoms with Crippen LogP contribution >= 0.6 is 0 Å². The fraction of sp³-hybridized carbons (Fsp3) is 0.929. The highest BCUT2D eigenvalue weighted by Crippen LogP contribution is 2.68. The lowest BCUT2D eigenvalue weighted by Crippen LogP contribution is -2.54. The summed E-state index contributed by atoms with van der Waals surface area (Å²) in [5.41, 5.74) is -0.432. The Bertz CT molecular complexity index is 423. The van der Waals surface area contributed by atoms with E-state index in [1.54, 1.807) is 0 Å². The van der Waals surface area contributed by atoms with Crippen LogP contribution in [-0.2, 0) is 9.53 Å². The van der Waals surface area contributed by atoms with E-state index in [1.165, 1.54) is 0 Å². The first-order valence-electron chi connectivity index (χ1n) is 7.21. The van der Waals surface area contributed by atoms with Gasteiger partial charge in [0.05, 0.1) is 18.1 Å². The molecule has 1 amide bonds. The summed E-state index contributed by atoms with van der Waals surface area (Å²) in [6.45, 7) is 7.03. The molecule has 0 aromatic rings. The maximum Gasteiger partial charge on any atom is 0.228 e. The maximum absolute atomic E-state index is 12.6. The van der Waals surface area contributed by atoms with E-state index in [2.05, 4.69) is 13.8 Å². The van der Waals surface area contributed by atoms with Gasteiger partial charge in [-0.15, -0.1) is 0 Å². The van der Waals surface area contributed by atoms with E-state index in [0.717, 1.165) is 6.42 Å². The molecular weight excluding hydrogens is 230 g/mol. The predicted molar refractivity (Wildman–Crippen MR) is 64.4 cm³/mol. The van der Waals surface area contributed by atoms with Crippen molar-refractivity contribution in [3.05, 3.63) is 0 Å². The average Bonchev–Trinajstić information content (AvgIpc) is 2.95. The molecule has 2 heterocycles. The van der Waals surface area contributed by atoms with Crippen molar-refractivity contribution in [2.75, 3.05) is 6.54 Å². The van der Waals surface area contributed by atoms with Crippen LogP contribution in [0.2, 0.25) is 0 Å². The highest BCUT2D eigenvalue weighted by atomic mass is 16.6. The molecule has 0 aromatic heterocycles. The number of hydrogen-bond donors (Lipinski definition) is 1. The van der Waals surface area contributed by atoms with Crippen molar-refractivity contribution in [1.29, 1.82) is 0 Å². The number of carbonyl (C=O) groups excluding carboxylic acids is 1. The Morgan fingerprint density at radius 3 is 2.83 bits per heavy atom. The summed E-state index contributed by atoms with van der Waals surface area (Å²) in [5.74, 6) is 1.40. The second-order valence-corrected chi connectivity index (χ2v) is 6.68. The summed E-state index contributed by atoms with van der Waals surface area (Å²) in [6, 6.07) is 0. The molecule has 4 fully saturated rings. The van der Waals surface area contributed by atoms with Gasteiger partial charge in [0.25, 0.3) is 0 Å². The van der Waals surface area contributed by atoms with Gasteiger partial charge in [-0.2, -0.15) is 0 Å². The molecule has 0 spiro atoms. The third-order valence-electron chi connectivity index (χ3n) is 5.97. The van der Waals surface area contributed by atoms with Crippen molar-refractivity contribution in [2.45, 2.75) is 45.1 Å². The van der Waals surface area contributed by atoms with Gasteiger partial charge in [0.1, 0.15) is 5.72 Å². The molecule has 2 bridgehead atoms. The van der Waals surface area contributed by atoms with E-state index in [4.69, 9.17) is 4.74 Å². The standard InChI is InChI=1S/C14H21NO3/c1-4-15-13(17)9-7-5-8-10(9)14(15,6(2)3)18-12(8)11(7)16/h6-12,16H,4-5H2,1-3H3/t7-,8-,9-,10-,11-,12+,14-/m1/s1. The van der Waals surface area contributed by atoms with Gasteiger partial charge in [0.15, 0.2) is 0 Å². The van der Waals surface area contributed by atoms with Crippen LogP contribution in [0.1, 0.15) is 27.2 Å². The van der Waals surface area contributed by atoms with Crippen molar-refractivity contribution >= 4 is 5.91 Å². The van der Waals surface area contributed by atoms with Crippen LogP contribution in [0, 0.1) is 29.6 Å². The number of fused-ring (bicyclic) bond motifs is 2. The monoisotopic (exact) mass is 251 g/mol. The first-order chi connectivity index (χ1) is 8.54. The van der Waals surface area contributed by atoms with Crippen LogP contribution in [0.15, 0.2) is 0 Å². The summed E-state index contributed by atoms with van der Waals surface area (Å²) < 4.78 is 6.32. The highest BCUT2D eigenvalue weighted by molar-refractivity contribution is 5.84. The van der Waals surface area contributed by atoms with Gasteiger partial charge in [-0.3, -0.25) is 4.79 Å². The molecule has 0 aromatic carbocycles. The van der Waals surface area contributed by atoms with E-state index in [-0.39, 0.29) is 29.8 Å². The number of nitrogens with zero attached hydrogens (tertiary/aromatic N) is 1. The third-order valence-corrected chi connectivity index (χ3v) is 5.97. The predicted octanol–water partition coefficient (Wildman–Crippen LogP) is 0.843. The smallest absolute Gasteiger partial charge is 0.228 e. The van der Waals surface area contributed by atoms with Gasteiger partial charge in [0.2, 0.25) is 5.91 Å². The number of rotatable bonds is 2. The van der Waals surface area contributed by atoms with E-state index < -0.39 is 11.8 Å². The lowest BCUT2D eigenvalue weighted by atomic mass is 9.74. The zero-order chi connectivity index (χ0) is 12.8. The second-order valence-electron chi connectivity index (χ2n) is 6.68. The normalized spacial score (nSPS) is 56.3. The molecule has 1 N–H and O–H groups in total. The number of ether oxygens (including phenoxy) is 1. The Morgan fingerprint density at radius 2 is 2.22 bits per heavy atom. The third kappa shape index (κ3) is 0.874. The fourth-order valence-electron chi connectivity index (χ4n) is 5.51. The van der Waals surface area contributed by atoms with Crippen molar-refractivity contribution in [2.24, 2.45) is 29.6 Å². The van der Waals surface area contributed by atoms with Gasteiger partial charge in [0, 0.05) is 18.4 Å². The molecule has 0 unspecified atom stereocenters. The molecule has 0 radical (unpaired) electrons. The van der Waals surface area contributed by atoms with Crippen LogP contribution in [0.25, 0.3) is 0 Å². The summed E-state index contributed by atoms with van der Waals surface area (Å²) in [7, 11) is 0. The molecule has 100 valence electrons. The van der Waals surface area contributed by atoms with Crippen molar-refractivity contribution in [3.8, 4) is 0 Å². The van der Waals surface area contributed by atoms with Gasteiger partial charge in [-0.25, -0.2) is 0 Å². The van der Waals surface area contributed by atoms with E-state index in [9.17, 15) is 9.90 Å². The summed E-state index contributed by atoms with van der Waals surface area (Å²) >= 11 is 0. The lowest BCUT2D eigenvalue weighted by molar-refractivity contribution is -0.191. The van der Waals surface area contributed by atoms with Gasteiger partial charge < -0.3 is 14.7 Å². The summed E-state index contributed by atoms with van der Waals surface area (Å²) in [5, 5.41) is 10.3. The fourth-order valence-corrected chi connectivity index (χ4v) is 5.51. The molecule has 4 nitrogen and oxygen atoms in total. The Balaban J connectivity index is 1.89. The molecular formula is C14H21NO3. The van der Waals surface area contributed by atoms with Crippen molar-refractivity contribution in [1.82, 2.24) is 4.90 Å². The first kappa shape index (κ1) is 11.2. The highest BCUT2D eigenvalue weighted by Gasteiger charge is 2.78. The molecule has 2 saturated carbocycles. The molecule has 7 atom stereocenters. The number of likely N-dealkylation sites (tertiary alicyclic amines) is 1.